The third-order valence-corrected chi connectivity index (χ3v) is 5.15. The molecule has 3 N–H and O–H groups in total. The maximum absolute atomic E-state index is 11.9. The Balaban J connectivity index is 1.69. The molecule has 20 heavy (non-hydrogen) atoms. The molecule has 0 spiro atoms. The molecule has 2 atom stereocenters. The van der Waals surface area contributed by atoms with Crippen LogP contribution in [-0.2, 0) is 4.79 Å². The highest BCUT2D eigenvalue weighted by atomic mass is 32.2. The summed E-state index contributed by atoms with van der Waals surface area (Å²) in [5.74, 6) is 1.80. The minimum absolute atomic E-state index is 0.0549. The van der Waals surface area contributed by atoms with Crippen molar-refractivity contribution in [1.29, 1.82) is 0 Å². The summed E-state index contributed by atoms with van der Waals surface area (Å²) in [6.07, 6.45) is 5.88. The van der Waals surface area contributed by atoms with E-state index in [2.05, 4.69) is 12.2 Å². The SMILES string of the molecule is CC1CCCC(SCCC(=O)Nc2ccccc2N)C1. The lowest BCUT2D eigenvalue weighted by atomic mass is 9.91. The van der Waals surface area contributed by atoms with Gasteiger partial charge in [-0.05, 0) is 30.9 Å². The lowest BCUT2D eigenvalue weighted by Crippen LogP contribution is -2.17. The van der Waals surface area contributed by atoms with E-state index >= 15 is 0 Å². The highest BCUT2D eigenvalue weighted by Gasteiger charge is 2.19. The van der Waals surface area contributed by atoms with Gasteiger partial charge >= 0.3 is 0 Å². The molecule has 1 fully saturated rings. The molecule has 2 rings (SSSR count). The second kappa shape index (κ2) is 7.58. The van der Waals surface area contributed by atoms with E-state index in [0.29, 0.717) is 17.8 Å². The molecule has 1 saturated carbocycles. The Morgan fingerprint density at radius 1 is 1.40 bits per heavy atom. The predicted octanol–water partition coefficient (Wildman–Crippen LogP) is 3.91. The molecule has 2 unspecified atom stereocenters. The Bertz CT molecular complexity index is 450. The number of nitrogens with two attached hydrogens (primary N) is 1. The Labute approximate surface area is 125 Å². The number of nitrogen functional groups attached to an aromatic ring is 1. The fourth-order valence-corrected chi connectivity index (χ4v) is 4.11. The van der Waals surface area contributed by atoms with Crippen molar-refractivity contribution >= 4 is 29.0 Å². The van der Waals surface area contributed by atoms with E-state index in [1.165, 1.54) is 25.7 Å². The zero-order chi connectivity index (χ0) is 14.4. The number of benzene rings is 1. The second-order valence-corrected chi connectivity index (χ2v) is 7.06. The van der Waals surface area contributed by atoms with Crippen LogP contribution in [0.3, 0.4) is 0 Å². The highest BCUT2D eigenvalue weighted by Crippen LogP contribution is 2.32. The Morgan fingerprint density at radius 3 is 2.95 bits per heavy atom. The number of anilines is 2. The average molecular weight is 292 g/mol. The van der Waals surface area contributed by atoms with Crippen LogP contribution in [0.2, 0.25) is 0 Å². The zero-order valence-corrected chi connectivity index (χ0v) is 12.9. The van der Waals surface area contributed by atoms with E-state index in [4.69, 9.17) is 5.73 Å². The first-order valence-corrected chi connectivity index (χ1v) is 8.46. The molecular formula is C16H24N2OS. The molecule has 0 aromatic heterocycles. The lowest BCUT2D eigenvalue weighted by molar-refractivity contribution is -0.115. The molecule has 0 bridgehead atoms. The number of amides is 1. The van der Waals surface area contributed by atoms with Crippen LogP contribution in [0.15, 0.2) is 24.3 Å². The number of nitrogens with one attached hydrogen (secondary N) is 1. The monoisotopic (exact) mass is 292 g/mol. The summed E-state index contributed by atoms with van der Waals surface area (Å²) in [6, 6.07) is 7.38. The first-order valence-electron chi connectivity index (χ1n) is 7.41. The normalized spacial score (nSPS) is 22.4. The Hall–Kier alpha value is -1.16. The number of carbonyl (C=O) groups excluding carboxylic acids is 1. The molecule has 110 valence electrons. The molecule has 0 radical (unpaired) electrons. The van der Waals surface area contributed by atoms with E-state index in [9.17, 15) is 4.79 Å². The van der Waals surface area contributed by atoms with Gasteiger partial charge in [-0.15, -0.1) is 0 Å². The van der Waals surface area contributed by atoms with E-state index in [0.717, 1.165) is 16.9 Å². The molecule has 0 aliphatic heterocycles. The molecule has 1 amide bonds. The number of carbonyl (C=O) groups is 1. The Morgan fingerprint density at radius 2 is 2.20 bits per heavy atom. The minimum atomic E-state index is 0.0549. The maximum atomic E-state index is 11.9. The molecule has 1 aromatic rings. The lowest BCUT2D eigenvalue weighted by Gasteiger charge is -2.26. The first-order chi connectivity index (χ1) is 9.65. The molecule has 0 saturated heterocycles. The van der Waals surface area contributed by atoms with Crippen LogP contribution < -0.4 is 11.1 Å². The van der Waals surface area contributed by atoms with Crippen molar-refractivity contribution < 1.29 is 4.79 Å². The van der Waals surface area contributed by atoms with Gasteiger partial charge in [0, 0.05) is 17.4 Å². The van der Waals surface area contributed by atoms with E-state index in [-0.39, 0.29) is 5.91 Å². The summed E-state index contributed by atoms with van der Waals surface area (Å²) in [4.78, 5) is 11.9. The van der Waals surface area contributed by atoms with Gasteiger partial charge in [0.1, 0.15) is 0 Å². The van der Waals surface area contributed by atoms with Crippen LogP contribution in [0.1, 0.15) is 39.0 Å². The van der Waals surface area contributed by atoms with Gasteiger partial charge in [-0.1, -0.05) is 31.9 Å². The van der Waals surface area contributed by atoms with Gasteiger partial charge in [0.15, 0.2) is 0 Å². The van der Waals surface area contributed by atoms with Crippen LogP contribution in [0, 0.1) is 5.92 Å². The summed E-state index contributed by atoms with van der Waals surface area (Å²) >= 11 is 1.95. The van der Waals surface area contributed by atoms with Gasteiger partial charge in [-0.25, -0.2) is 0 Å². The van der Waals surface area contributed by atoms with E-state index in [1.807, 2.05) is 30.0 Å². The fraction of sp³-hybridized carbons (Fsp3) is 0.562. The van der Waals surface area contributed by atoms with Crippen molar-refractivity contribution in [3.8, 4) is 0 Å². The number of hydrogen-bond acceptors (Lipinski definition) is 3. The van der Waals surface area contributed by atoms with Gasteiger partial charge in [0.05, 0.1) is 11.4 Å². The summed E-state index contributed by atoms with van der Waals surface area (Å²) in [5.41, 5.74) is 7.15. The number of thioether (sulfide) groups is 1. The predicted molar refractivity (Wildman–Crippen MR) is 88.0 cm³/mol. The number of hydrogen-bond donors (Lipinski definition) is 2. The molecule has 0 heterocycles. The van der Waals surface area contributed by atoms with Gasteiger partial charge in [0.2, 0.25) is 5.91 Å². The van der Waals surface area contributed by atoms with Crippen molar-refractivity contribution in [2.75, 3.05) is 16.8 Å². The van der Waals surface area contributed by atoms with Gasteiger partial charge in [-0.3, -0.25) is 4.79 Å². The van der Waals surface area contributed by atoms with Crippen LogP contribution >= 0.6 is 11.8 Å². The molecule has 3 nitrogen and oxygen atoms in total. The van der Waals surface area contributed by atoms with E-state index < -0.39 is 0 Å². The minimum Gasteiger partial charge on any atom is -0.397 e. The smallest absolute Gasteiger partial charge is 0.225 e. The highest BCUT2D eigenvalue weighted by molar-refractivity contribution is 7.99. The second-order valence-electron chi connectivity index (χ2n) is 5.65. The Kier molecular flexibility index (Phi) is 5.77. The zero-order valence-electron chi connectivity index (χ0n) is 12.1. The largest absolute Gasteiger partial charge is 0.397 e. The average Bonchev–Trinajstić information content (AvgIpc) is 2.41. The van der Waals surface area contributed by atoms with Crippen LogP contribution in [0.4, 0.5) is 11.4 Å². The van der Waals surface area contributed by atoms with Crippen LogP contribution in [-0.4, -0.2) is 16.9 Å². The first kappa shape index (κ1) is 15.2. The summed E-state index contributed by atoms with van der Waals surface area (Å²) in [7, 11) is 0. The standard InChI is InChI=1S/C16H24N2OS/c1-12-5-4-6-13(11-12)20-10-9-16(19)18-15-8-3-2-7-14(15)17/h2-3,7-8,12-13H,4-6,9-11,17H2,1H3,(H,18,19). The number of rotatable bonds is 5. The molecular weight excluding hydrogens is 268 g/mol. The molecule has 1 aliphatic rings. The summed E-state index contributed by atoms with van der Waals surface area (Å²) < 4.78 is 0. The fourth-order valence-electron chi connectivity index (χ4n) is 2.67. The quantitative estimate of drug-likeness (QED) is 0.809. The van der Waals surface area contributed by atoms with Gasteiger partial charge < -0.3 is 11.1 Å². The van der Waals surface area contributed by atoms with Crippen LogP contribution in [0.25, 0.3) is 0 Å². The van der Waals surface area contributed by atoms with Crippen molar-refractivity contribution in [2.24, 2.45) is 5.92 Å². The third kappa shape index (κ3) is 4.75. The van der Waals surface area contributed by atoms with Crippen molar-refractivity contribution in [3.63, 3.8) is 0 Å². The van der Waals surface area contributed by atoms with Crippen molar-refractivity contribution in [1.82, 2.24) is 0 Å². The molecule has 4 heteroatoms. The van der Waals surface area contributed by atoms with E-state index in [1.54, 1.807) is 6.07 Å². The third-order valence-electron chi connectivity index (χ3n) is 3.81. The van der Waals surface area contributed by atoms with Crippen molar-refractivity contribution in [2.45, 2.75) is 44.3 Å². The maximum Gasteiger partial charge on any atom is 0.225 e. The topological polar surface area (TPSA) is 55.1 Å². The van der Waals surface area contributed by atoms with Gasteiger partial charge in [-0.2, -0.15) is 11.8 Å². The van der Waals surface area contributed by atoms with Crippen molar-refractivity contribution in [3.05, 3.63) is 24.3 Å². The molecule has 1 aromatic carbocycles. The van der Waals surface area contributed by atoms with Crippen LogP contribution in [0.5, 0.6) is 0 Å². The summed E-state index contributed by atoms with van der Waals surface area (Å²) in [6.45, 7) is 2.33. The molecule has 1 aliphatic carbocycles. The summed E-state index contributed by atoms with van der Waals surface area (Å²) in [5, 5.41) is 3.62. The number of para-hydroxylation sites is 2. The van der Waals surface area contributed by atoms with Gasteiger partial charge in [0.25, 0.3) is 0 Å².